The van der Waals surface area contributed by atoms with Gasteiger partial charge in [0.05, 0.1) is 12.5 Å². The minimum atomic E-state index is -0.986. The minimum absolute atomic E-state index is 0.0713. The average Bonchev–Trinajstić information content (AvgIpc) is 2.91. The molecule has 0 saturated heterocycles. The van der Waals surface area contributed by atoms with Crippen molar-refractivity contribution < 1.29 is 19.1 Å². The number of hydrogen-bond acceptors (Lipinski definition) is 4. The molecule has 0 aliphatic carbocycles. The first-order valence-electron chi connectivity index (χ1n) is 8.40. The van der Waals surface area contributed by atoms with E-state index >= 15 is 0 Å². The average molecular weight is 387 g/mol. The number of nitrogens with one attached hydrogen (secondary N) is 2. The van der Waals surface area contributed by atoms with Crippen LogP contribution in [0.25, 0.3) is 0 Å². The molecule has 1 aliphatic rings. The zero-order valence-corrected chi connectivity index (χ0v) is 15.7. The maximum absolute atomic E-state index is 12.6. The third-order valence-corrected chi connectivity index (χ3v) is 5.03. The summed E-state index contributed by atoms with van der Waals surface area (Å²) in [7, 11) is 1.24. The first-order valence-corrected chi connectivity index (χ1v) is 8.78. The van der Waals surface area contributed by atoms with Crippen LogP contribution in [0.4, 0.5) is 5.69 Å². The molecule has 2 amide bonds. The van der Waals surface area contributed by atoms with E-state index in [0.717, 1.165) is 5.56 Å². The van der Waals surface area contributed by atoms with Gasteiger partial charge in [-0.25, -0.2) is 4.79 Å². The molecule has 27 heavy (non-hydrogen) atoms. The molecule has 0 saturated carbocycles. The SMILES string of the molecule is COC(=O)C(CC1(C)C(=O)Nc2ccccc21)NC(=O)c1ccc(Cl)cc1. The molecule has 6 nitrogen and oxygen atoms in total. The van der Waals surface area contributed by atoms with E-state index in [9.17, 15) is 14.4 Å². The molecule has 0 aromatic heterocycles. The van der Waals surface area contributed by atoms with Gasteiger partial charge in [0.2, 0.25) is 5.91 Å². The predicted molar refractivity (Wildman–Crippen MR) is 102 cm³/mol. The molecule has 3 rings (SSSR count). The Morgan fingerprint density at radius 3 is 2.52 bits per heavy atom. The fraction of sp³-hybridized carbons (Fsp3) is 0.250. The van der Waals surface area contributed by atoms with Crippen molar-refractivity contribution in [2.75, 3.05) is 12.4 Å². The number of para-hydroxylation sites is 1. The van der Waals surface area contributed by atoms with Gasteiger partial charge in [0.15, 0.2) is 0 Å². The van der Waals surface area contributed by atoms with Gasteiger partial charge < -0.3 is 15.4 Å². The lowest BCUT2D eigenvalue weighted by molar-refractivity contribution is -0.143. The summed E-state index contributed by atoms with van der Waals surface area (Å²) in [6, 6.07) is 12.6. The highest BCUT2D eigenvalue weighted by Gasteiger charge is 2.45. The lowest BCUT2D eigenvalue weighted by atomic mass is 9.78. The summed E-state index contributed by atoms with van der Waals surface area (Å²) in [5, 5.41) is 6.00. The second kappa shape index (κ2) is 7.40. The molecule has 2 N–H and O–H groups in total. The van der Waals surface area contributed by atoms with E-state index in [2.05, 4.69) is 10.6 Å². The number of carbonyl (C=O) groups is 3. The van der Waals surface area contributed by atoms with Crippen LogP contribution in [0.3, 0.4) is 0 Å². The van der Waals surface area contributed by atoms with Gasteiger partial charge >= 0.3 is 5.97 Å². The van der Waals surface area contributed by atoms with E-state index < -0.39 is 23.3 Å². The van der Waals surface area contributed by atoms with Crippen LogP contribution >= 0.6 is 11.6 Å². The van der Waals surface area contributed by atoms with Crippen molar-refractivity contribution >= 4 is 35.1 Å². The molecular weight excluding hydrogens is 368 g/mol. The summed E-state index contributed by atoms with van der Waals surface area (Å²) in [4.78, 5) is 37.4. The van der Waals surface area contributed by atoms with Gasteiger partial charge in [-0.15, -0.1) is 0 Å². The molecule has 140 valence electrons. The summed E-state index contributed by atoms with van der Waals surface area (Å²) >= 11 is 5.84. The molecule has 1 heterocycles. The lowest BCUT2D eigenvalue weighted by Gasteiger charge is -2.27. The topological polar surface area (TPSA) is 84.5 Å². The third-order valence-electron chi connectivity index (χ3n) is 4.78. The van der Waals surface area contributed by atoms with Crippen molar-refractivity contribution in [3.05, 3.63) is 64.7 Å². The van der Waals surface area contributed by atoms with Crippen LogP contribution in [0.5, 0.6) is 0 Å². The van der Waals surface area contributed by atoms with Crippen LogP contribution in [-0.4, -0.2) is 30.9 Å². The van der Waals surface area contributed by atoms with Gasteiger partial charge in [-0.3, -0.25) is 9.59 Å². The lowest BCUT2D eigenvalue weighted by Crippen LogP contribution is -2.47. The number of rotatable bonds is 5. The first-order chi connectivity index (χ1) is 12.8. The van der Waals surface area contributed by atoms with Crippen LogP contribution < -0.4 is 10.6 Å². The summed E-state index contributed by atoms with van der Waals surface area (Å²) < 4.78 is 4.84. The van der Waals surface area contributed by atoms with E-state index in [0.29, 0.717) is 16.3 Å². The molecule has 0 bridgehead atoms. The molecule has 2 atom stereocenters. The van der Waals surface area contributed by atoms with Gasteiger partial charge in [-0.05, 0) is 49.2 Å². The van der Waals surface area contributed by atoms with Crippen LogP contribution in [-0.2, 0) is 19.7 Å². The number of esters is 1. The van der Waals surface area contributed by atoms with Crippen LogP contribution in [0.1, 0.15) is 29.3 Å². The fourth-order valence-electron chi connectivity index (χ4n) is 3.25. The number of amides is 2. The first kappa shape index (κ1) is 18.9. The third kappa shape index (κ3) is 3.66. The Kier molecular flexibility index (Phi) is 5.19. The fourth-order valence-corrected chi connectivity index (χ4v) is 3.37. The van der Waals surface area contributed by atoms with Gasteiger partial charge in [0.25, 0.3) is 5.91 Å². The van der Waals surface area contributed by atoms with Gasteiger partial charge in [0.1, 0.15) is 6.04 Å². The quantitative estimate of drug-likeness (QED) is 0.774. The minimum Gasteiger partial charge on any atom is -0.467 e. The zero-order chi connectivity index (χ0) is 19.6. The standard InChI is InChI=1S/C20H19ClN2O4/c1-20(14-5-3-4-6-15(14)23-19(20)26)11-16(18(25)27-2)22-17(24)12-7-9-13(21)10-8-12/h3-10,16H,11H2,1-2H3,(H,22,24)(H,23,26). The number of fused-ring (bicyclic) bond motifs is 1. The molecule has 0 fully saturated rings. The van der Waals surface area contributed by atoms with Crippen molar-refractivity contribution in [1.82, 2.24) is 5.32 Å². The highest BCUT2D eigenvalue weighted by atomic mass is 35.5. The second-order valence-electron chi connectivity index (χ2n) is 6.59. The summed E-state index contributed by atoms with van der Waals surface area (Å²) in [5.74, 6) is -1.29. The summed E-state index contributed by atoms with van der Waals surface area (Å²) in [6.45, 7) is 1.75. The Hall–Kier alpha value is -2.86. The van der Waals surface area contributed by atoms with Crippen LogP contribution in [0, 0.1) is 0 Å². The molecule has 1 aliphatic heterocycles. The normalized spacial score (nSPS) is 19.0. The molecule has 0 radical (unpaired) electrons. The highest BCUT2D eigenvalue weighted by Crippen LogP contribution is 2.40. The number of anilines is 1. The molecule has 2 unspecified atom stereocenters. The maximum atomic E-state index is 12.6. The van der Waals surface area contributed by atoms with Crippen molar-refractivity contribution in [2.45, 2.75) is 24.8 Å². The number of benzene rings is 2. The Labute approximate surface area is 161 Å². The van der Waals surface area contributed by atoms with Crippen LogP contribution in [0.15, 0.2) is 48.5 Å². The van der Waals surface area contributed by atoms with E-state index in [-0.39, 0.29) is 12.3 Å². The van der Waals surface area contributed by atoms with Crippen molar-refractivity contribution in [3.8, 4) is 0 Å². The van der Waals surface area contributed by atoms with Crippen molar-refractivity contribution in [1.29, 1.82) is 0 Å². The van der Waals surface area contributed by atoms with Crippen molar-refractivity contribution in [3.63, 3.8) is 0 Å². The molecule has 2 aromatic rings. The van der Waals surface area contributed by atoms with Crippen LogP contribution in [0.2, 0.25) is 5.02 Å². The molecule has 2 aromatic carbocycles. The van der Waals surface area contributed by atoms with E-state index in [1.807, 2.05) is 18.2 Å². The molecule has 7 heteroatoms. The van der Waals surface area contributed by atoms with Gasteiger partial charge in [0, 0.05) is 16.3 Å². The Balaban J connectivity index is 1.86. The summed E-state index contributed by atoms with van der Waals surface area (Å²) in [5.41, 5.74) is 0.875. The number of hydrogen-bond donors (Lipinski definition) is 2. The Morgan fingerprint density at radius 1 is 1.19 bits per heavy atom. The van der Waals surface area contributed by atoms with E-state index in [1.165, 1.54) is 7.11 Å². The predicted octanol–water partition coefficient (Wildman–Crippen LogP) is 2.91. The number of halogens is 1. The monoisotopic (exact) mass is 386 g/mol. The van der Waals surface area contributed by atoms with Gasteiger partial charge in [-0.2, -0.15) is 0 Å². The molecule has 0 spiro atoms. The van der Waals surface area contributed by atoms with E-state index in [4.69, 9.17) is 16.3 Å². The largest absolute Gasteiger partial charge is 0.467 e. The highest BCUT2D eigenvalue weighted by molar-refractivity contribution is 6.30. The van der Waals surface area contributed by atoms with Crippen molar-refractivity contribution in [2.24, 2.45) is 0 Å². The Bertz CT molecular complexity index is 897. The smallest absolute Gasteiger partial charge is 0.328 e. The van der Waals surface area contributed by atoms with E-state index in [1.54, 1.807) is 37.3 Å². The Morgan fingerprint density at radius 2 is 1.85 bits per heavy atom. The second-order valence-corrected chi connectivity index (χ2v) is 7.03. The zero-order valence-electron chi connectivity index (χ0n) is 14.9. The summed E-state index contributed by atoms with van der Waals surface area (Å²) in [6.07, 6.45) is 0.0713. The van der Waals surface area contributed by atoms with Gasteiger partial charge in [-0.1, -0.05) is 29.8 Å². The number of carbonyl (C=O) groups excluding carboxylic acids is 3. The maximum Gasteiger partial charge on any atom is 0.328 e. The number of methoxy groups -OCH3 is 1. The number of ether oxygens (including phenoxy) is 1. The molecular formula is C20H19ClN2O4.